The van der Waals surface area contributed by atoms with Gasteiger partial charge in [0.05, 0.1) is 5.56 Å². The number of anilines is 2. The van der Waals surface area contributed by atoms with Crippen molar-refractivity contribution in [1.82, 2.24) is 0 Å². The average Bonchev–Trinajstić information content (AvgIpc) is 2.88. The number of carbonyl (C=O) groups is 3. The van der Waals surface area contributed by atoms with E-state index in [0.717, 1.165) is 10.5 Å². The number of hydrogen-bond donors (Lipinski definition) is 3. The van der Waals surface area contributed by atoms with E-state index in [1.54, 1.807) is 30.3 Å². The van der Waals surface area contributed by atoms with Gasteiger partial charge in [-0.15, -0.1) is 11.8 Å². The van der Waals surface area contributed by atoms with Gasteiger partial charge >= 0.3 is 5.97 Å². The summed E-state index contributed by atoms with van der Waals surface area (Å²) in [5.74, 6) is -2.22. The first-order chi connectivity index (χ1) is 17.4. The lowest BCUT2D eigenvalue weighted by Gasteiger charge is -2.18. The fourth-order valence-corrected chi connectivity index (χ4v) is 4.51. The summed E-state index contributed by atoms with van der Waals surface area (Å²) >= 11 is 1.29. The van der Waals surface area contributed by atoms with Gasteiger partial charge in [0.1, 0.15) is 11.1 Å². The van der Waals surface area contributed by atoms with Crippen LogP contribution in [0.15, 0.2) is 108 Å². The van der Waals surface area contributed by atoms with Crippen molar-refractivity contribution in [3.8, 4) is 0 Å². The molecule has 4 rings (SSSR count). The minimum Gasteiger partial charge on any atom is -0.478 e. The highest BCUT2D eigenvalue weighted by atomic mass is 32.2. The molecule has 0 saturated carbocycles. The Hall–Kier alpha value is -4.43. The first kappa shape index (κ1) is 24.7. The Morgan fingerprint density at radius 1 is 0.722 bits per heavy atom. The second-order valence-corrected chi connectivity index (χ2v) is 8.95. The number of rotatable bonds is 8. The molecule has 0 heterocycles. The summed E-state index contributed by atoms with van der Waals surface area (Å²) < 4.78 is 13.2. The number of hydrogen-bond acceptors (Lipinski definition) is 4. The number of nitrogens with one attached hydrogen (secondary N) is 2. The lowest BCUT2D eigenvalue weighted by Crippen LogP contribution is -2.19. The van der Waals surface area contributed by atoms with Gasteiger partial charge in [0.25, 0.3) is 5.91 Å². The van der Waals surface area contributed by atoms with Crippen LogP contribution >= 0.6 is 11.8 Å². The van der Waals surface area contributed by atoms with Crippen LogP contribution in [0.4, 0.5) is 15.8 Å². The van der Waals surface area contributed by atoms with Crippen LogP contribution in [-0.2, 0) is 4.79 Å². The number of benzene rings is 4. The summed E-state index contributed by atoms with van der Waals surface area (Å²) in [6.45, 7) is 0. The van der Waals surface area contributed by atoms with Crippen LogP contribution in [0.25, 0.3) is 0 Å². The highest BCUT2D eigenvalue weighted by Crippen LogP contribution is 2.37. The summed E-state index contributed by atoms with van der Waals surface area (Å²) in [7, 11) is 0. The van der Waals surface area contributed by atoms with E-state index in [1.807, 2.05) is 36.4 Å². The van der Waals surface area contributed by atoms with Crippen LogP contribution in [0.5, 0.6) is 0 Å². The number of aromatic carboxylic acids is 1. The average molecular weight is 501 g/mol. The third-order valence-corrected chi connectivity index (χ3v) is 6.42. The first-order valence-electron chi connectivity index (χ1n) is 10.9. The molecule has 0 spiro atoms. The van der Waals surface area contributed by atoms with Crippen LogP contribution in [0, 0.1) is 5.82 Å². The molecule has 8 heteroatoms. The normalized spacial score (nSPS) is 11.4. The Morgan fingerprint density at radius 2 is 1.39 bits per heavy atom. The molecule has 0 radical (unpaired) electrons. The van der Waals surface area contributed by atoms with Gasteiger partial charge in [0.15, 0.2) is 0 Å². The molecule has 1 unspecified atom stereocenters. The van der Waals surface area contributed by atoms with E-state index in [4.69, 9.17) is 0 Å². The summed E-state index contributed by atoms with van der Waals surface area (Å²) in [4.78, 5) is 37.8. The predicted octanol–water partition coefficient (Wildman–Crippen LogP) is 6.25. The van der Waals surface area contributed by atoms with Crippen molar-refractivity contribution in [3.05, 3.63) is 126 Å². The Kier molecular flexibility index (Phi) is 7.77. The zero-order chi connectivity index (χ0) is 25.5. The zero-order valence-corrected chi connectivity index (χ0v) is 19.7. The van der Waals surface area contributed by atoms with Gasteiger partial charge in [-0.25, -0.2) is 9.18 Å². The van der Waals surface area contributed by atoms with E-state index >= 15 is 0 Å². The van der Waals surface area contributed by atoms with Gasteiger partial charge in [-0.2, -0.15) is 0 Å². The van der Waals surface area contributed by atoms with Gasteiger partial charge in [0, 0.05) is 21.8 Å². The molecule has 4 aromatic carbocycles. The third kappa shape index (κ3) is 6.37. The standard InChI is InChI=1S/C28H21FN2O4S/c29-21-14-12-19(13-15-21)26(32)30-23-10-5-11-24(17-23)36-25(18-6-2-1-3-7-18)27(33)31-22-9-4-8-20(16-22)28(34)35/h1-17,25H,(H,30,32)(H,31,33)(H,34,35). The molecule has 4 aromatic rings. The van der Waals surface area contributed by atoms with Crippen LogP contribution < -0.4 is 10.6 Å². The van der Waals surface area contributed by atoms with Crippen LogP contribution in [-0.4, -0.2) is 22.9 Å². The number of amides is 2. The van der Waals surface area contributed by atoms with E-state index in [-0.39, 0.29) is 17.4 Å². The quantitative estimate of drug-likeness (QED) is 0.249. The monoisotopic (exact) mass is 500 g/mol. The predicted molar refractivity (Wildman–Crippen MR) is 138 cm³/mol. The molecule has 0 bridgehead atoms. The van der Waals surface area contributed by atoms with Gasteiger partial charge < -0.3 is 15.7 Å². The second-order valence-electron chi connectivity index (χ2n) is 7.77. The summed E-state index contributed by atoms with van der Waals surface area (Å²) in [6.07, 6.45) is 0. The molecule has 180 valence electrons. The van der Waals surface area contributed by atoms with Crippen molar-refractivity contribution in [2.45, 2.75) is 10.1 Å². The molecule has 0 fully saturated rings. The van der Waals surface area contributed by atoms with Crippen molar-refractivity contribution < 1.29 is 23.9 Å². The topological polar surface area (TPSA) is 95.5 Å². The van der Waals surface area contributed by atoms with Crippen molar-refractivity contribution in [2.24, 2.45) is 0 Å². The Balaban J connectivity index is 1.54. The van der Waals surface area contributed by atoms with Crippen molar-refractivity contribution in [2.75, 3.05) is 10.6 Å². The van der Waals surface area contributed by atoms with E-state index in [0.29, 0.717) is 16.9 Å². The lowest BCUT2D eigenvalue weighted by atomic mass is 10.1. The highest BCUT2D eigenvalue weighted by Gasteiger charge is 2.23. The fraction of sp³-hybridized carbons (Fsp3) is 0.0357. The molecule has 3 N–H and O–H groups in total. The largest absolute Gasteiger partial charge is 0.478 e. The van der Waals surface area contributed by atoms with Crippen molar-refractivity contribution >= 4 is 40.9 Å². The molecule has 0 aromatic heterocycles. The van der Waals surface area contributed by atoms with Crippen LogP contribution in [0.1, 0.15) is 31.5 Å². The number of thioether (sulfide) groups is 1. The number of carbonyl (C=O) groups excluding carboxylic acids is 2. The molecule has 2 amide bonds. The van der Waals surface area contributed by atoms with E-state index in [9.17, 15) is 23.9 Å². The molecule has 0 aliphatic carbocycles. The Labute approximate surface area is 211 Å². The molecule has 0 saturated heterocycles. The molecular formula is C28H21FN2O4S. The second kappa shape index (κ2) is 11.3. The molecule has 36 heavy (non-hydrogen) atoms. The minimum atomic E-state index is -1.08. The fourth-order valence-electron chi connectivity index (χ4n) is 3.43. The van der Waals surface area contributed by atoms with Crippen LogP contribution in [0.3, 0.4) is 0 Å². The minimum absolute atomic E-state index is 0.0707. The number of carboxylic acid groups (broad SMARTS) is 1. The lowest BCUT2D eigenvalue weighted by molar-refractivity contribution is -0.115. The van der Waals surface area contributed by atoms with Crippen LogP contribution in [0.2, 0.25) is 0 Å². The number of halogens is 1. The van der Waals surface area contributed by atoms with Gasteiger partial charge in [0.2, 0.25) is 5.91 Å². The summed E-state index contributed by atoms with van der Waals surface area (Å²) in [5, 5.41) is 14.2. The first-order valence-corrected chi connectivity index (χ1v) is 11.8. The molecular weight excluding hydrogens is 479 g/mol. The maximum atomic E-state index is 13.3. The highest BCUT2D eigenvalue weighted by molar-refractivity contribution is 8.00. The van der Waals surface area contributed by atoms with Gasteiger partial charge in [-0.1, -0.05) is 42.5 Å². The SMILES string of the molecule is O=C(O)c1cccc(NC(=O)C(Sc2cccc(NC(=O)c3ccc(F)cc3)c2)c2ccccc2)c1. The van der Waals surface area contributed by atoms with E-state index in [2.05, 4.69) is 10.6 Å². The zero-order valence-electron chi connectivity index (χ0n) is 18.9. The van der Waals surface area contributed by atoms with Crippen molar-refractivity contribution in [3.63, 3.8) is 0 Å². The van der Waals surface area contributed by atoms with Gasteiger partial charge in [-0.3, -0.25) is 9.59 Å². The van der Waals surface area contributed by atoms with Gasteiger partial charge in [-0.05, 0) is 66.2 Å². The number of carboxylic acids is 1. The summed E-state index contributed by atoms with van der Waals surface area (Å²) in [6, 6.07) is 27.5. The molecule has 0 aliphatic heterocycles. The van der Waals surface area contributed by atoms with E-state index < -0.39 is 17.0 Å². The molecule has 6 nitrogen and oxygen atoms in total. The third-order valence-electron chi connectivity index (χ3n) is 5.17. The Morgan fingerprint density at radius 3 is 2.08 bits per heavy atom. The van der Waals surface area contributed by atoms with Crippen molar-refractivity contribution in [1.29, 1.82) is 0 Å². The Bertz CT molecular complexity index is 1390. The maximum Gasteiger partial charge on any atom is 0.335 e. The molecule has 0 aliphatic rings. The summed E-state index contributed by atoms with van der Waals surface area (Å²) in [5.41, 5.74) is 2.05. The molecule has 1 atom stereocenters. The smallest absolute Gasteiger partial charge is 0.335 e. The van der Waals surface area contributed by atoms with E-state index in [1.165, 1.54) is 48.2 Å². The maximum absolute atomic E-state index is 13.3.